The number of carbonyl (C=O) groups excluding carboxylic acids is 1. The smallest absolute Gasteiger partial charge is 0.224 e. The van der Waals surface area contributed by atoms with Crippen molar-refractivity contribution in [2.75, 3.05) is 13.1 Å². The van der Waals surface area contributed by atoms with Crippen molar-refractivity contribution in [3.8, 4) is 5.75 Å². The molecule has 27 heavy (non-hydrogen) atoms. The van der Waals surface area contributed by atoms with Crippen LogP contribution in [0.15, 0.2) is 48.5 Å². The Balaban J connectivity index is 0.00000261. The standard InChI is InChI=1S/C22H28N2O2.ClH/c1-16-8-9-17(2)21(14-16)26-19-10-12-24(13-11-19)22(25)15-20(23)18-6-4-3-5-7-18;/h3-9,14,19-20H,10-13,15,23H2,1-2H3;1H. The molecule has 1 saturated heterocycles. The summed E-state index contributed by atoms with van der Waals surface area (Å²) in [4.78, 5) is 14.5. The first-order valence-corrected chi connectivity index (χ1v) is 9.35. The number of aryl methyl sites for hydroxylation is 2. The van der Waals surface area contributed by atoms with Gasteiger partial charge >= 0.3 is 0 Å². The normalized spacial score (nSPS) is 15.7. The largest absolute Gasteiger partial charge is 0.490 e. The van der Waals surface area contributed by atoms with E-state index < -0.39 is 0 Å². The van der Waals surface area contributed by atoms with Crippen LogP contribution in [0.25, 0.3) is 0 Å². The summed E-state index contributed by atoms with van der Waals surface area (Å²) in [5.74, 6) is 1.09. The Morgan fingerprint density at radius 2 is 1.81 bits per heavy atom. The van der Waals surface area contributed by atoms with Crippen LogP contribution in [0.2, 0.25) is 0 Å². The number of carbonyl (C=O) groups is 1. The Kier molecular flexibility index (Phi) is 7.69. The predicted octanol–water partition coefficient (Wildman–Crippen LogP) is 4.19. The molecule has 0 aliphatic carbocycles. The van der Waals surface area contributed by atoms with Crippen molar-refractivity contribution in [2.45, 2.75) is 45.3 Å². The molecule has 1 aliphatic rings. The molecule has 1 amide bonds. The van der Waals surface area contributed by atoms with Gasteiger partial charge in [0.15, 0.2) is 0 Å². The number of rotatable bonds is 5. The van der Waals surface area contributed by atoms with Crippen LogP contribution in [0.1, 0.15) is 42.0 Å². The number of hydrogen-bond acceptors (Lipinski definition) is 3. The molecule has 1 unspecified atom stereocenters. The SMILES string of the molecule is Cc1ccc(C)c(OC2CCN(C(=O)CC(N)c3ccccc3)CC2)c1.Cl. The van der Waals surface area contributed by atoms with Crippen LogP contribution in [-0.4, -0.2) is 30.0 Å². The highest BCUT2D eigenvalue weighted by atomic mass is 35.5. The molecule has 3 rings (SSSR count). The number of benzene rings is 2. The quantitative estimate of drug-likeness (QED) is 0.835. The molecule has 0 saturated carbocycles. The second-order valence-electron chi connectivity index (χ2n) is 7.19. The summed E-state index contributed by atoms with van der Waals surface area (Å²) in [5, 5.41) is 0. The molecule has 1 fully saturated rings. The van der Waals surface area contributed by atoms with Crippen molar-refractivity contribution < 1.29 is 9.53 Å². The first-order chi connectivity index (χ1) is 12.5. The van der Waals surface area contributed by atoms with Crippen molar-refractivity contribution in [2.24, 2.45) is 5.73 Å². The van der Waals surface area contributed by atoms with Crippen molar-refractivity contribution >= 4 is 18.3 Å². The first kappa shape index (κ1) is 21.3. The van der Waals surface area contributed by atoms with Gasteiger partial charge in [-0.2, -0.15) is 0 Å². The molecular formula is C22H29ClN2O2. The van der Waals surface area contributed by atoms with Gasteiger partial charge < -0.3 is 15.4 Å². The van der Waals surface area contributed by atoms with Crippen LogP contribution in [-0.2, 0) is 4.79 Å². The third-order valence-corrected chi connectivity index (χ3v) is 5.05. The number of ether oxygens (including phenoxy) is 1. The van der Waals surface area contributed by atoms with Crippen LogP contribution >= 0.6 is 12.4 Å². The zero-order valence-electron chi connectivity index (χ0n) is 16.1. The molecule has 2 aromatic carbocycles. The molecular weight excluding hydrogens is 360 g/mol. The predicted molar refractivity (Wildman–Crippen MR) is 111 cm³/mol. The van der Waals surface area contributed by atoms with E-state index in [1.807, 2.05) is 35.2 Å². The van der Waals surface area contributed by atoms with Gasteiger partial charge in [-0.3, -0.25) is 4.79 Å². The first-order valence-electron chi connectivity index (χ1n) is 9.35. The molecule has 0 radical (unpaired) electrons. The molecule has 1 atom stereocenters. The minimum absolute atomic E-state index is 0. The number of likely N-dealkylation sites (tertiary alicyclic amines) is 1. The molecule has 146 valence electrons. The van der Waals surface area contributed by atoms with Gasteiger partial charge in [0, 0.05) is 38.4 Å². The highest BCUT2D eigenvalue weighted by Gasteiger charge is 2.25. The third kappa shape index (κ3) is 5.72. The Bertz CT molecular complexity index is 743. The van der Waals surface area contributed by atoms with E-state index in [1.165, 1.54) is 5.56 Å². The number of halogens is 1. The second-order valence-corrected chi connectivity index (χ2v) is 7.19. The summed E-state index contributed by atoms with van der Waals surface area (Å²) in [6, 6.07) is 15.8. The van der Waals surface area contributed by atoms with E-state index in [4.69, 9.17) is 10.5 Å². The zero-order valence-corrected chi connectivity index (χ0v) is 16.9. The van der Waals surface area contributed by atoms with E-state index in [0.29, 0.717) is 6.42 Å². The topological polar surface area (TPSA) is 55.6 Å². The Hall–Kier alpha value is -2.04. The van der Waals surface area contributed by atoms with Crippen LogP contribution in [0.4, 0.5) is 0 Å². The van der Waals surface area contributed by atoms with Gasteiger partial charge in [-0.15, -0.1) is 12.4 Å². The molecule has 5 heteroatoms. The van der Waals surface area contributed by atoms with Gasteiger partial charge in [-0.1, -0.05) is 42.5 Å². The Labute approximate surface area is 168 Å². The fourth-order valence-electron chi connectivity index (χ4n) is 3.37. The van der Waals surface area contributed by atoms with E-state index in [0.717, 1.165) is 42.8 Å². The van der Waals surface area contributed by atoms with Crippen LogP contribution in [0.3, 0.4) is 0 Å². The maximum atomic E-state index is 12.6. The highest BCUT2D eigenvalue weighted by Crippen LogP contribution is 2.24. The number of nitrogens with zero attached hydrogens (tertiary/aromatic N) is 1. The second kappa shape index (κ2) is 9.77. The number of nitrogens with two attached hydrogens (primary N) is 1. The van der Waals surface area contributed by atoms with E-state index in [1.54, 1.807) is 0 Å². The molecule has 2 aromatic rings. The van der Waals surface area contributed by atoms with Gasteiger partial charge in [-0.05, 0) is 36.6 Å². The fraction of sp³-hybridized carbons (Fsp3) is 0.409. The molecule has 2 N–H and O–H groups in total. The third-order valence-electron chi connectivity index (χ3n) is 5.05. The van der Waals surface area contributed by atoms with Gasteiger partial charge in [0.25, 0.3) is 0 Å². The van der Waals surface area contributed by atoms with E-state index in [-0.39, 0.29) is 30.5 Å². The summed E-state index contributed by atoms with van der Waals surface area (Å²) in [6.07, 6.45) is 2.24. The van der Waals surface area contributed by atoms with Crippen LogP contribution in [0, 0.1) is 13.8 Å². The van der Waals surface area contributed by atoms with Crippen LogP contribution in [0.5, 0.6) is 5.75 Å². The van der Waals surface area contributed by atoms with Gasteiger partial charge in [0.2, 0.25) is 5.91 Å². The summed E-state index contributed by atoms with van der Waals surface area (Å²) in [5.41, 5.74) is 9.56. The Morgan fingerprint density at radius 1 is 1.15 bits per heavy atom. The summed E-state index contributed by atoms with van der Waals surface area (Å²) in [6.45, 7) is 5.60. The van der Waals surface area contributed by atoms with Gasteiger partial charge in [0.1, 0.15) is 11.9 Å². The lowest BCUT2D eigenvalue weighted by Crippen LogP contribution is -2.42. The molecule has 4 nitrogen and oxygen atoms in total. The van der Waals surface area contributed by atoms with Crippen molar-refractivity contribution in [3.63, 3.8) is 0 Å². The monoisotopic (exact) mass is 388 g/mol. The molecule has 0 spiro atoms. The van der Waals surface area contributed by atoms with E-state index >= 15 is 0 Å². The maximum absolute atomic E-state index is 12.6. The summed E-state index contributed by atoms with van der Waals surface area (Å²) >= 11 is 0. The molecule has 1 aliphatic heterocycles. The average Bonchev–Trinajstić information content (AvgIpc) is 2.66. The maximum Gasteiger partial charge on any atom is 0.224 e. The average molecular weight is 389 g/mol. The van der Waals surface area contributed by atoms with Crippen molar-refractivity contribution in [3.05, 3.63) is 65.2 Å². The van der Waals surface area contributed by atoms with Crippen molar-refractivity contribution in [1.82, 2.24) is 4.90 Å². The lowest BCUT2D eigenvalue weighted by Gasteiger charge is -2.33. The zero-order chi connectivity index (χ0) is 18.5. The van der Waals surface area contributed by atoms with E-state index in [9.17, 15) is 4.79 Å². The van der Waals surface area contributed by atoms with E-state index in [2.05, 4.69) is 32.0 Å². The molecule has 1 heterocycles. The number of amides is 1. The highest BCUT2D eigenvalue weighted by molar-refractivity contribution is 5.85. The fourth-order valence-corrected chi connectivity index (χ4v) is 3.37. The molecule has 0 bridgehead atoms. The Morgan fingerprint density at radius 3 is 2.48 bits per heavy atom. The minimum atomic E-state index is -0.243. The number of hydrogen-bond donors (Lipinski definition) is 1. The van der Waals surface area contributed by atoms with Crippen LogP contribution < -0.4 is 10.5 Å². The summed E-state index contributed by atoms with van der Waals surface area (Å²) in [7, 11) is 0. The summed E-state index contributed by atoms with van der Waals surface area (Å²) < 4.78 is 6.18. The van der Waals surface area contributed by atoms with Crippen molar-refractivity contribution in [1.29, 1.82) is 0 Å². The minimum Gasteiger partial charge on any atom is -0.490 e. The lowest BCUT2D eigenvalue weighted by molar-refractivity contribution is -0.133. The van der Waals surface area contributed by atoms with Gasteiger partial charge in [0.05, 0.1) is 0 Å². The lowest BCUT2D eigenvalue weighted by atomic mass is 10.0. The van der Waals surface area contributed by atoms with Gasteiger partial charge in [-0.25, -0.2) is 0 Å². The molecule has 0 aromatic heterocycles. The number of piperidine rings is 1.